The minimum atomic E-state index is -0.135. The van der Waals surface area contributed by atoms with E-state index in [4.69, 9.17) is 20.9 Å². The predicted octanol–water partition coefficient (Wildman–Crippen LogP) is 4.79. The Bertz CT molecular complexity index is 1240. The topological polar surface area (TPSA) is 97.2 Å². The SMILES string of the molecule is COc1ccc2nc(-c3cccc(C(=N)N)c3)c(=O)n(CCCCCN3[C@H](C)CCC[C@@H]3C)c2c1. The average molecular weight is 476 g/mol. The zero-order chi connectivity index (χ0) is 24.9. The first-order valence-electron chi connectivity index (χ1n) is 12.7. The molecule has 1 fully saturated rings. The van der Waals surface area contributed by atoms with E-state index >= 15 is 0 Å². The lowest BCUT2D eigenvalue weighted by Gasteiger charge is -2.39. The monoisotopic (exact) mass is 475 g/mol. The van der Waals surface area contributed by atoms with Gasteiger partial charge in [0.2, 0.25) is 0 Å². The number of amidine groups is 1. The molecule has 1 saturated heterocycles. The normalized spacial score (nSPS) is 18.6. The summed E-state index contributed by atoms with van der Waals surface area (Å²) in [6, 6.07) is 14.1. The van der Waals surface area contributed by atoms with Crippen molar-refractivity contribution in [2.45, 2.75) is 71.0 Å². The molecule has 1 aliphatic rings. The number of benzene rings is 2. The molecule has 0 spiro atoms. The molecule has 0 amide bonds. The lowest BCUT2D eigenvalue weighted by molar-refractivity contribution is 0.101. The first-order chi connectivity index (χ1) is 16.9. The van der Waals surface area contributed by atoms with Gasteiger partial charge in [0.05, 0.1) is 18.1 Å². The van der Waals surface area contributed by atoms with Gasteiger partial charge in [-0.05, 0) is 64.3 Å². The van der Waals surface area contributed by atoms with Crippen LogP contribution in [0.5, 0.6) is 5.75 Å². The van der Waals surface area contributed by atoms with E-state index < -0.39 is 0 Å². The molecule has 35 heavy (non-hydrogen) atoms. The van der Waals surface area contributed by atoms with Crippen molar-refractivity contribution in [3.63, 3.8) is 0 Å². The Balaban J connectivity index is 1.58. The number of nitrogen functional groups attached to an aromatic ring is 1. The van der Waals surface area contributed by atoms with Crippen LogP contribution in [0.3, 0.4) is 0 Å². The number of methoxy groups -OCH3 is 1. The number of piperidine rings is 1. The maximum atomic E-state index is 13.6. The Morgan fingerprint density at radius 3 is 2.54 bits per heavy atom. The largest absolute Gasteiger partial charge is 0.497 e. The summed E-state index contributed by atoms with van der Waals surface area (Å²) in [6.07, 6.45) is 7.02. The molecule has 0 radical (unpaired) electrons. The van der Waals surface area contributed by atoms with E-state index in [1.807, 2.05) is 28.8 Å². The Morgan fingerprint density at radius 2 is 1.83 bits per heavy atom. The van der Waals surface area contributed by atoms with Crippen molar-refractivity contribution < 1.29 is 4.74 Å². The van der Waals surface area contributed by atoms with Crippen LogP contribution in [0.25, 0.3) is 22.3 Å². The molecule has 2 heterocycles. The molecule has 2 aromatic carbocycles. The summed E-state index contributed by atoms with van der Waals surface area (Å²) in [5, 5.41) is 7.75. The number of aromatic nitrogens is 2. The fraction of sp³-hybridized carbons (Fsp3) is 0.464. The number of unbranched alkanes of at least 4 members (excludes halogenated alkanes) is 2. The van der Waals surface area contributed by atoms with Gasteiger partial charge in [-0.3, -0.25) is 15.1 Å². The van der Waals surface area contributed by atoms with E-state index in [0.717, 1.165) is 36.8 Å². The molecule has 0 aliphatic carbocycles. The lowest BCUT2D eigenvalue weighted by atomic mass is 9.97. The van der Waals surface area contributed by atoms with Gasteiger partial charge >= 0.3 is 0 Å². The van der Waals surface area contributed by atoms with Crippen LogP contribution in [0.1, 0.15) is 57.9 Å². The minimum Gasteiger partial charge on any atom is -0.497 e. The third kappa shape index (κ3) is 5.56. The molecule has 2 atom stereocenters. The quantitative estimate of drug-likeness (QED) is 0.263. The number of nitrogens with one attached hydrogen (secondary N) is 1. The van der Waals surface area contributed by atoms with Gasteiger partial charge in [-0.15, -0.1) is 0 Å². The average Bonchev–Trinajstić information content (AvgIpc) is 2.86. The zero-order valence-electron chi connectivity index (χ0n) is 21.1. The number of hydrogen-bond donors (Lipinski definition) is 2. The van der Waals surface area contributed by atoms with Crippen molar-refractivity contribution in [3.05, 3.63) is 58.4 Å². The summed E-state index contributed by atoms with van der Waals surface area (Å²) >= 11 is 0. The smallest absolute Gasteiger partial charge is 0.277 e. The van der Waals surface area contributed by atoms with Crippen LogP contribution in [-0.4, -0.2) is 46.0 Å². The molecular formula is C28H37N5O2. The number of fused-ring (bicyclic) bond motifs is 1. The van der Waals surface area contributed by atoms with Crippen LogP contribution >= 0.6 is 0 Å². The van der Waals surface area contributed by atoms with Gasteiger partial charge in [0.1, 0.15) is 17.3 Å². The van der Waals surface area contributed by atoms with Gasteiger partial charge in [0, 0.05) is 35.8 Å². The molecule has 3 aromatic rings. The van der Waals surface area contributed by atoms with E-state index in [1.165, 1.54) is 19.3 Å². The molecule has 7 heteroatoms. The summed E-state index contributed by atoms with van der Waals surface area (Å²) in [7, 11) is 1.63. The summed E-state index contributed by atoms with van der Waals surface area (Å²) in [6.45, 7) is 6.42. The van der Waals surface area contributed by atoms with Crippen LogP contribution in [0.15, 0.2) is 47.3 Å². The molecule has 7 nitrogen and oxygen atoms in total. The second kappa shape index (κ2) is 11.0. The number of aryl methyl sites for hydroxylation is 1. The fourth-order valence-corrected chi connectivity index (χ4v) is 5.25. The highest BCUT2D eigenvalue weighted by Crippen LogP contribution is 2.24. The highest BCUT2D eigenvalue weighted by Gasteiger charge is 2.23. The van der Waals surface area contributed by atoms with E-state index in [9.17, 15) is 4.79 Å². The summed E-state index contributed by atoms with van der Waals surface area (Å²) in [4.78, 5) is 21.0. The van der Waals surface area contributed by atoms with Crippen LogP contribution in [0, 0.1) is 5.41 Å². The van der Waals surface area contributed by atoms with Crippen LogP contribution in [0.2, 0.25) is 0 Å². The number of rotatable bonds is 9. The van der Waals surface area contributed by atoms with Gasteiger partial charge in [0.15, 0.2) is 0 Å². The van der Waals surface area contributed by atoms with E-state index in [0.29, 0.717) is 41.2 Å². The Morgan fingerprint density at radius 1 is 1.09 bits per heavy atom. The zero-order valence-corrected chi connectivity index (χ0v) is 21.1. The Labute approximate surface area is 207 Å². The van der Waals surface area contributed by atoms with Crippen molar-refractivity contribution in [1.29, 1.82) is 5.41 Å². The second-order valence-electron chi connectivity index (χ2n) is 9.69. The number of likely N-dealkylation sites (tertiary alicyclic amines) is 1. The minimum absolute atomic E-state index is 0.0324. The molecule has 0 unspecified atom stereocenters. The van der Waals surface area contributed by atoms with Crippen molar-refractivity contribution >= 4 is 16.9 Å². The van der Waals surface area contributed by atoms with E-state index in [-0.39, 0.29) is 11.4 Å². The van der Waals surface area contributed by atoms with Gasteiger partial charge in [-0.25, -0.2) is 4.98 Å². The van der Waals surface area contributed by atoms with Gasteiger partial charge in [0.25, 0.3) is 5.56 Å². The highest BCUT2D eigenvalue weighted by atomic mass is 16.5. The maximum Gasteiger partial charge on any atom is 0.277 e. The molecule has 4 rings (SSSR count). The third-order valence-electron chi connectivity index (χ3n) is 7.27. The maximum absolute atomic E-state index is 13.6. The molecule has 3 N–H and O–H groups in total. The molecule has 1 aliphatic heterocycles. The number of hydrogen-bond acceptors (Lipinski definition) is 5. The second-order valence-corrected chi connectivity index (χ2v) is 9.69. The van der Waals surface area contributed by atoms with E-state index in [1.54, 1.807) is 25.3 Å². The van der Waals surface area contributed by atoms with E-state index in [2.05, 4.69) is 18.7 Å². The Hall–Kier alpha value is -3.19. The summed E-state index contributed by atoms with van der Waals surface area (Å²) in [5.74, 6) is 0.668. The fourth-order valence-electron chi connectivity index (χ4n) is 5.25. The van der Waals surface area contributed by atoms with Crippen molar-refractivity contribution in [3.8, 4) is 17.0 Å². The van der Waals surface area contributed by atoms with Crippen molar-refractivity contribution in [2.75, 3.05) is 13.7 Å². The van der Waals surface area contributed by atoms with Crippen molar-refractivity contribution in [1.82, 2.24) is 14.5 Å². The molecule has 1 aromatic heterocycles. The van der Waals surface area contributed by atoms with Crippen molar-refractivity contribution in [2.24, 2.45) is 5.73 Å². The third-order valence-corrected chi connectivity index (χ3v) is 7.27. The lowest BCUT2D eigenvalue weighted by Crippen LogP contribution is -2.44. The predicted molar refractivity (Wildman–Crippen MR) is 142 cm³/mol. The number of nitrogens with two attached hydrogens (primary N) is 1. The standard InChI is InChI=1S/C28H37N5O2/c1-19-9-7-10-20(2)32(19)15-5-4-6-16-33-25-18-23(35-3)13-14-24(25)31-26(28(33)34)21-11-8-12-22(17-21)27(29)30/h8,11-14,17-20H,4-7,9-10,15-16H2,1-3H3,(H3,29,30)/t19-,20+. The number of ether oxygens (including phenoxy) is 1. The Kier molecular flexibility index (Phi) is 7.86. The molecule has 0 bridgehead atoms. The molecule has 0 saturated carbocycles. The van der Waals surface area contributed by atoms with Gasteiger partial charge in [-0.1, -0.05) is 31.0 Å². The van der Waals surface area contributed by atoms with Gasteiger partial charge in [-0.2, -0.15) is 0 Å². The summed E-state index contributed by atoms with van der Waals surface area (Å²) in [5.41, 5.74) is 8.68. The first-order valence-corrected chi connectivity index (χ1v) is 12.7. The van der Waals surface area contributed by atoms with Gasteiger partial charge < -0.3 is 15.0 Å². The highest BCUT2D eigenvalue weighted by molar-refractivity contribution is 5.96. The van der Waals surface area contributed by atoms with Crippen LogP contribution in [-0.2, 0) is 6.54 Å². The molecule has 186 valence electrons. The van der Waals surface area contributed by atoms with Crippen LogP contribution in [0.4, 0.5) is 0 Å². The first kappa shape index (κ1) is 24.9. The van der Waals surface area contributed by atoms with Crippen LogP contribution < -0.4 is 16.0 Å². The molecular weight excluding hydrogens is 438 g/mol. The number of nitrogens with zero attached hydrogens (tertiary/aromatic N) is 3. The summed E-state index contributed by atoms with van der Waals surface area (Å²) < 4.78 is 7.24.